The number of rotatable bonds is 3. The van der Waals surface area contributed by atoms with Crippen molar-refractivity contribution in [3.8, 4) is 40.7 Å². The molecular weight excluding hydrogens is 528 g/mol. The first-order valence-electron chi connectivity index (χ1n) is 8.43. The lowest BCUT2D eigenvalue weighted by atomic mass is 10.2. The van der Waals surface area contributed by atoms with Crippen molar-refractivity contribution in [3.05, 3.63) is 67.9 Å². The second kappa shape index (κ2) is 8.62. The van der Waals surface area contributed by atoms with Crippen LogP contribution in [-0.2, 0) is 0 Å². The lowest BCUT2D eigenvalue weighted by Gasteiger charge is -2.23. The van der Waals surface area contributed by atoms with Crippen molar-refractivity contribution in [3.63, 3.8) is 0 Å². The van der Waals surface area contributed by atoms with Gasteiger partial charge in [0.25, 0.3) is 5.88 Å². The van der Waals surface area contributed by atoms with Gasteiger partial charge in [-0.3, -0.25) is 0 Å². The van der Waals surface area contributed by atoms with E-state index < -0.39 is 5.95 Å². The topological polar surface area (TPSA) is 40.6 Å². The maximum absolute atomic E-state index is 14.2. The van der Waals surface area contributed by atoms with Crippen LogP contribution in [0, 0.1) is 17.8 Å². The molecule has 0 N–H and O–H groups in total. The SMILES string of the molecule is Fc1nc(OCCC#Cc2ccccc2)c2c(c1Cl)Oc1cc(Br)c(Br)cc1O2. The molecule has 29 heavy (non-hydrogen) atoms. The second-order valence-corrected chi connectivity index (χ2v) is 7.95. The van der Waals surface area contributed by atoms with Crippen LogP contribution in [0.1, 0.15) is 12.0 Å². The molecule has 1 aromatic heterocycles. The van der Waals surface area contributed by atoms with Crippen molar-refractivity contribution < 1.29 is 18.6 Å². The summed E-state index contributed by atoms with van der Waals surface area (Å²) in [5.74, 6) is 6.03. The maximum atomic E-state index is 14.2. The van der Waals surface area contributed by atoms with E-state index in [9.17, 15) is 4.39 Å². The lowest BCUT2D eigenvalue weighted by molar-refractivity contribution is 0.275. The Hall–Kier alpha value is -2.27. The first-order chi connectivity index (χ1) is 14.0. The first-order valence-corrected chi connectivity index (χ1v) is 10.4. The first kappa shape index (κ1) is 20.0. The molecule has 1 aliphatic heterocycles. The van der Waals surface area contributed by atoms with Crippen LogP contribution in [0.3, 0.4) is 0 Å². The van der Waals surface area contributed by atoms with E-state index in [0.29, 0.717) is 17.9 Å². The molecule has 2 heterocycles. The van der Waals surface area contributed by atoms with E-state index in [1.165, 1.54) is 0 Å². The highest BCUT2D eigenvalue weighted by Gasteiger charge is 2.30. The molecule has 146 valence electrons. The molecule has 4 nitrogen and oxygen atoms in total. The Morgan fingerprint density at radius 1 is 1.03 bits per heavy atom. The molecule has 0 fully saturated rings. The van der Waals surface area contributed by atoms with Crippen LogP contribution in [0.15, 0.2) is 51.4 Å². The van der Waals surface area contributed by atoms with Gasteiger partial charge in [0, 0.05) is 33.1 Å². The van der Waals surface area contributed by atoms with Gasteiger partial charge in [0.15, 0.2) is 17.2 Å². The number of pyridine rings is 1. The quantitative estimate of drug-likeness (QED) is 0.158. The summed E-state index contributed by atoms with van der Waals surface area (Å²) in [6.07, 6.45) is 0.422. The van der Waals surface area contributed by atoms with Gasteiger partial charge in [-0.25, -0.2) is 0 Å². The third kappa shape index (κ3) is 4.35. The summed E-state index contributed by atoms with van der Waals surface area (Å²) in [4.78, 5) is 3.76. The van der Waals surface area contributed by atoms with E-state index in [1.807, 2.05) is 30.3 Å². The number of ether oxygens (including phenoxy) is 3. The average molecular weight is 540 g/mol. The summed E-state index contributed by atoms with van der Waals surface area (Å²) in [5.41, 5.74) is 0.908. The fraction of sp³-hybridized carbons (Fsp3) is 0.0952. The lowest BCUT2D eigenvalue weighted by Crippen LogP contribution is -2.07. The molecule has 0 spiro atoms. The van der Waals surface area contributed by atoms with Crippen molar-refractivity contribution in [2.45, 2.75) is 6.42 Å². The molecule has 0 unspecified atom stereocenters. The van der Waals surface area contributed by atoms with Crippen molar-refractivity contribution in [2.24, 2.45) is 0 Å². The summed E-state index contributed by atoms with van der Waals surface area (Å²) in [6.45, 7) is 0.195. The Morgan fingerprint density at radius 3 is 2.38 bits per heavy atom. The minimum atomic E-state index is -0.904. The van der Waals surface area contributed by atoms with Crippen LogP contribution >= 0.6 is 43.5 Å². The maximum Gasteiger partial charge on any atom is 0.264 e. The van der Waals surface area contributed by atoms with Gasteiger partial charge < -0.3 is 14.2 Å². The van der Waals surface area contributed by atoms with E-state index in [4.69, 9.17) is 25.8 Å². The Bertz CT molecular complexity index is 1150. The predicted molar refractivity (Wildman–Crippen MR) is 115 cm³/mol. The predicted octanol–water partition coefficient (Wildman–Crippen LogP) is 7.12. The van der Waals surface area contributed by atoms with Gasteiger partial charge in [-0.1, -0.05) is 41.6 Å². The van der Waals surface area contributed by atoms with Crippen LogP contribution in [0.5, 0.6) is 28.9 Å². The molecule has 0 aliphatic carbocycles. The van der Waals surface area contributed by atoms with Crippen LogP contribution in [0.2, 0.25) is 5.02 Å². The van der Waals surface area contributed by atoms with E-state index >= 15 is 0 Å². The standard InChI is InChI=1S/C21H11Br2ClFNO3/c22-13-10-15-16(11-14(13)23)29-19-18(28-15)17(24)20(25)26-21(19)27-9-5-4-8-12-6-2-1-3-7-12/h1-3,6-7,10-11H,5,9H2. The molecule has 0 saturated carbocycles. The summed E-state index contributed by atoms with van der Waals surface area (Å²) < 4.78 is 32.9. The fourth-order valence-corrected chi connectivity index (χ4v) is 3.34. The van der Waals surface area contributed by atoms with Crippen LogP contribution in [-0.4, -0.2) is 11.6 Å². The summed E-state index contributed by atoms with van der Waals surface area (Å²) in [6, 6.07) is 13.0. The summed E-state index contributed by atoms with van der Waals surface area (Å²) >= 11 is 12.8. The van der Waals surface area contributed by atoms with Gasteiger partial charge in [0.1, 0.15) is 11.6 Å². The van der Waals surface area contributed by atoms with E-state index in [1.54, 1.807) is 12.1 Å². The Morgan fingerprint density at radius 2 is 1.69 bits per heavy atom. The molecule has 2 aromatic carbocycles. The van der Waals surface area contributed by atoms with Crippen LogP contribution in [0.25, 0.3) is 0 Å². The molecule has 0 bridgehead atoms. The van der Waals surface area contributed by atoms with E-state index in [2.05, 4.69) is 48.7 Å². The smallest absolute Gasteiger partial charge is 0.264 e. The monoisotopic (exact) mass is 537 g/mol. The van der Waals surface area contributed by atoms with Crippen molar-refractivity contribution in [1.82, 2.24) is 4.98 Å². The van der Waals surface area contributed by atoms with Crippen molar-refractivity contribution in [1.29, 1.82) is 0 Å². The molecule has 8 heteroatoms. The van der Waals surface area contributed by atoms with Gasteiger partial charge in [-0.05, 0) is 44.0 Å². The molecule has 1 aliphatic rings. The zero-order valence-electron chi connectivity index (χ0n) is 14.6. The van der Waals surface area contributed by atoms with Crippen LogP contribution in [0.4, 0.5) is 4.39 Å². The molecule has 3 aromatic rings. The highest BCUT2D eigenvalue weighted by atomic mass is 79.9. The molecule has 0 radical (unpaired) electrons. The van der Waals surface area contributed by atoms with E-state index in [-0.39, 0.29) is 29.0 Å². The minimum Gasteiger partial charge on any atom is -0.474 e. The van der Waals surface area contributed by atoms with Crippen LogP contribution < -0.4 is 14.2 Å². The molecule has 4 rings (SSSR count). The molecule has 0 saturated heterocycles. The highest BCUT2D eigenvalue weighted by molar-refractivity contribution is 9.13. The number of benzene rings is 2. The zero-order valence-corrected chi connectivity index (χ0v) is 18.6. The molecular formula is C21H11Br2ClFNO3. The summed E-state index contributed by atoms with van der Waals surface area (Å²) in [7, 11) is 0. The number of nitrogens with zero attached hydrogens (tertiary/aromatic N) is 1. The van der Waals surface area contributed by atoms with Gasteiger partial charge in [0.05, 0.1) is 0 Å². The third-order valence-electron chi connectivity index (χ3n) is 3.86. The highest BCUT2D eigenvalue weighted by Crippen LogP contribution is 2.53. The van der Waals surface area contributed by atoms with Gasteiger partial charge in [-0.15, -0.1) is 0 Å². The number of aromatic nitrogens is 1. The number of fused-ring (bicyclic) bond motifs is 2. The normalized spacial score (nSPS) is 11.3. The number of halogens is 4. The second-order valence-electron chi connectivity index (χ2n) is 5.86. The number of hydrogen-bond acceptors (Lipinski definition) is 4. The minimum absolute atomic E-state index is 0.0197. The van der Waals surface area contributed by atoms with Crippen molar-refractivity contribution >= 4 is 43.5 Å². The Kier molecular flexibility index (Phi) is 5.95. The van der Waals surface area contributed by atoms with Gasteiger partial charge in [-0.2, -0.15) is 9.37 Å². The number of hydrogen-bond donors (Lipinski definition) is 0. The third-order valence-corrected chi connectivity index (χ3v) is 6.04. The Labute approximate surface area is 188 Å². The fourth-order valence-electron chi connectivity index (χ4n) is 2.53. The van der Waals surface area contributed by atoms with Gasteiger partial charge in [0.2, 0.25) is 11.7 Å². The van der Waals surface area contributed by atoms with Crippen molar-refractivity contribution in [2.75, 3.05) is 6.61 Å². The average Bonchev–Trinajstić information content (AvgIpc) is 2.72. The Balaban J connectivity index is 1.54. The molecule has 0 amide bonds. The van der Waals surface area contributed by atoms with E-state index in [0.717, 1.165) is 14.5 Å². The largest absolute Gasteiger partial charge is 0.474 e. The molecule has 0 atom stereocenters. The van der Waals surface area contributed by atoms with Gasteiger partial charge >= 0.3 is 0 Å². The summed E-state index contributed by atoms with van der Waals surface area (Å²) in [5, 5.41) is -0.277. The zero-order chi connectivity index (χ0) is 20.4.